The molecule has 0 spiro atoms. The Hall–Kier alpha value is -2.16. The molecule has 0 atom stereocenters. The predicted octanol–water partition coefficient (Wildman–Crippen LogP) is 2.09. The number of nitrogens with zero attached hydrogens (tertiary/aromatic N) is 2. The van der Waals surface area contributed by atoms with Crippen molar-refractivity contribution in [1.82, 2.24) is 9.55 Å². The fraction of sp³-hybridized carbons (Fsp3) is 0.0769. The zero-order valence-electron chi connectivity index (χ0n) is 8.84. The standard InChI is InChI=1S/C13H10N2O/c1-15-8-14-11-7-6-9-4-2-3-5-10(9)12(11)13(15)16/h2-8H,1H3. The van der Waals surface area contributed by atoms with E-state index in [0.29, 0.717) is 5.39 Å². The van der Waals surface area contributed by atoms with Gasteiger partial charge in [0.15, 0.2) is 0 Å². The van der Waals surface area contributed by atoms with E-state index in [-0.39, 0.29) is 5.56 Å². The van der Waals surface area contributed by atoms with Crippen LogP contribution in [0.3, 0.4) is 0 Å². The first kappa shape index (κ1) is 9.09. The largest absolute Gasteiger partial charge is 0.302 e. The van der Waals surface area contributed by atoms with Gasteiger partial charge in [-0.3, -0.25) is 4.79 Å². The third kappa shape index (κ3) is 1.15. The number of aryl methyl sites for hydroxylation is 1. The molecule has 0 aliphatic heterocycles. The van der Waals surface area contributed by atoms with Gasteiger partial charge in [0, 0.05) is 7.05 Å². The van der Waals surface area contributed by atoms with E-state index in [4.69, 9.17) is 0 Å². The molecule has 3 nitrogen and oxygen atoms in total. The highest BCUT2D eigenvalue weighted by atomic mass is 16.1. The molecule has 1 heterocycles. The maximum atomic E-state index is 12.1. The van der Waals surface area contributed by atoms with Gasteiger partial charge in [0.05, 0.1) is 17.2 Å². The second-order valence-corrected chi connectivity index (χ2v) is 3.84. The van der Waals surface area contributed by atoms with Gasteiger partial charge in [-0.05, 0) is 16.8 Å². The molecule has 0 saturated carbocycles. The molecule has 16 heavy (non-hydrogen) atoms. The summed E-state index contributed by atoms with van der Waals surface area (Å²) in [6.07, 6.45) is 1.56. The van der Waals surface area contributed by atoms with Crippen LogP contribution in [0.2, 0.25) is 0 Å². The molecular formula is C13H10N2O. The predicted molar refractivity (Wildman–Crippen MR) is 64.5 cm³/mol. The molecule has 0 unspecified atom stereocenters. The Morgan fingerprint density at radius 2 is 1.94 bits per heavy atom. The van der Waals surface area contributed by atoms with E-state index >= 15 is 0 Å². The SMILES string of the molecule is Cn1cnc2ccc3ccccc3c2c1=O. The zero-order valence-corrected chi connectivity index (χ0v) is 8.84. The molecule has 0 amide bonds. The van der Waals surface area contributed by atoms with Crippen molar-refractivity contribution in [2.45, 2.75) is 0 Å². The molecule has 2 aromatic carbocycles. The molecular weight excluding hydrogens is 200 g/mol. The fourth-order valence-corrected chi connectivity index (χ4v) is 1.97. The second-order valence-electron chi connectivity index (χ2n) is 3.84. The van der Waals surface area contributed by atoms with Crippen LogP contribution in [0.5, 0.6) is 0 Å². The number of hydrogen-bond donors (Lipinski definition) is 0. The quantitative estimate of drug-likeness (QED) is 0.532. The van der Waals surface area contributed by atoms with Gasteiger partial charge in [-0.1, -0.05) is 30.3 Å². The summed E-state index contributed by atoms with van der Waals surface area (Å²) in [7, 11) is 1.72. The first-order valence-corrected chi connectivity index (χ1v) is 5.10. The number of benzene rings is 2. The summed E-state index contributed by atoms with van der Waals surface area (Å²) in [5.41, 5.74) is 0.753. The van der Waals surface area contributed by atoms with E-state index in [2.05, 4.69) is 4.98 Å². The average molecular weight is 210 g/mol. The highest BCUT2D eigenvalue weighted by Crippen LogP contribution is 2.20. The molecule has 0 fully saturated rings. The van der Waals surface area contributed by atoms with Gasteiger partial charge in [-0.15, -0.1) is 0 Å². The van der Waals surface area contributed by atoms with Gasteiger partial charge >= 0.3 is 0 Å². The van der Waals surface area contributed by atoms with Crippen LogP contribution in [0.1, 0.15) is 0 Å². The summed E-state index contributed by atoms with van der Waals surface area (Å²) >= 11 is 0. The van der Waals surface area contributed by atoms with Crippen LogP contribution in [0.25, 0.3) is 21.7 Å². The molecule has 0 saturated heterocycles. The summed E-state index contributed by atoms with van der Waals surface area (Å²) < 4.78 is 1.51. The minimum absolute atomic E-state index is 0.00167. The van der Waals surface area contributed by atoms with Crippen LogP contribution in [-0.4, -0.2) is 9.55 Å². The molecule has 78 valence electrons. The van der Waals surface area contributed by atoms with Gasteiger partial charge in [-0.25, -0.2) is 4.98 Å². The molecule has 3 rings (SSSR count). The van der Waals surface area contributed by atoms with Crippen molar-refractivity contribution in [3.8, 4) is 0 Å². The summed E-state index contributed by atoms with van der Waals surface area (Å²) in [5.74, 6) is 0. The second kappa shape index (κ2) is 3.17. The molecule has 0 N–H and O–H groups in total. The number of rotatable bonds is 0. The fourth-order valence-electron chi connectivity index (χ4n) is 1.97. The Labute approximate surface area is 92.0 Å². The van der Waals surface area contributed by atoms with Crippen LogP contribution in [0.15, 0.2) is 47.5 Å². The van der Waals surface area contributed by atoms with Crippen molar-refractivity contribution in [2.75, 3.05) is 0 Å². The van der Waals surface area contributed by atoms with Crippen LogP contribution in [0, 0.1) is 0 Å². The highest BCUT2D eigenvalue weighted by molar-refractivity contribution is 6.05. The van der Waals surface area contributed by atoms with Crippen molar-refractivity contribution in [2.24, 2.45) is 7.05 Å². The monoisotopic (exact) mass is 210 g/mol. The van der Waals surface area contributed by atoms with Crippen LogP contribution < -0.4 is 5.56 Å². The maximum Gasteiger partial charge on any atom is 0.261 e. The zero-order chi connectivity index (χ0) is 11.1. The molecule has 0 aliphatic carbocycles. The summed E-state index contributed by atoms with van der Waals surface area (Å²) in [4.78, 5) is 16.3. The number of aromatic nitrogens is 2. The lowest BCUT2D eigenvalue weighted by atomic mass is 10.1. The van der Waals surface area contributed by atoms with Gasteiger partial charge in [0.2, 0.25) is 0 Å². The Morgan fingerprint density at radius 3 is 2.81 bits per heavy atom. The van der Waals surface area contributed by atoms with E-state index in [1.807, 2.05) is 36.4 Å². The van der Waals surface area contributed by atoms with Crippen molar-refractivity contribution >= 4 is 21.7 Å². The normalized spacial score (nSPS) is 11.1. The van der Waals surface area contributed by atoms with Crippen LogP contribution >= 0.6 is 0 Å². The van der Waals surface area contributed by atoms with Crippen LogP contribution in [0.4, 0.5) is 0 Å². The minimum Gasteiger partial charge on any atom is -0.302 e. The van der Waals surface area contributed by atoms with Crippen LogP contribution in [-0.2, 0) is 7.05 Å². The summed E-state index contributed by atoms with van der Waals surface area (Å²) in [5, 5.41) is 2.73. The van der Waals surface area contributed by atoms with Gasteiger partial charge in [0.25, 0.3) is 5.56 Å². The maximum absolute atomic E-state index is 12.1. The molecule has 3 aromatic rings. The van der Waals surface area contributed by atoms with E-state index in [1.165, 1.54) is 4.57 Å². The number of fused-ring (bicyclic) bond motifs is 3. The number of hydrogen-bond acceptors (Lipinski definition) is 2. The summed E-state index contributed by atoms with van der Waals surface area (Å²) in [6.45, 7) is 0. The van der Waals surface area contributed by atoms with E-state index < -0.39 is 0 Å². The molecule has 0 radical (unpaired) electrons. The lowest BCUT2D eigenvalue weighted by Crippen LogP contribution is -2.17. The van der Waals surface area contributed by atoms with Gasteiger partial charge in [0.1, 0.15) is 0 Å². The Balaban J connectivity index is 2.69. The lowest BCUT2D eigenvalue weighted by molar-refractivity contribution is 0.844. The molecule has 0 aliphatic rings. The van der Waals surface area contributed by atoms with Crippen molar-refractivity contribution in [3.05, 3.63) is 53.1 Å². The van der Waals surface area contributed by atoms with E-state index in [9.17, 15) is 4.79 Å². The summed E-state index contributed by atoms with van der Waals surface area (Å²) in [6, 6.07) is 11.7. The third-order valence-corrected chi connectivity index (χ3v) is 2.81. The lowest BCUT2D eigenvalue weighted by Gasteiger charge is -2.03. The molecule has 1 aromatic heterocycles. The molecule has 3 heteroatoms. The van der Waals surface area contributed by atoms with E-state index in [0.717, 1.165) is 16.3 Å². The van der Waals surface area contributed by atoms with Crippen molar-refractivity contribution < 1.29 is 0 Å². The first-order chi connectivity index (χ1) is 7.77. The topological polar surface area (TPSA) is 34.9 Å². The minimum atomic E-state index is 0.00167. The first-order valence-electron chi connectivity index (χ1n) is 5.10. The Morgan fingerprint density at radius 1 is 1.12 bits per heavy atom. The third-order valence-electron chi connectivity index (χ3n) is 2.81. The van der Waals surface area contributed by atoms with Gasteiger partial charge < -0.3 is 4.57 Å². The van der Waals surface area contributed by atoms with Crippen molar-refractivity contribution in [3.63, 3.8) is 0 Å². The smallest absolute Gasteiger partial charge is 0.261 e. The van der Waals surface area contributed by atoms with Gasteiger partial charge in [-0.2, -0.15) is 0 Å². The Bertz CT molecular complexity index is 744. The molecule has 0 bridgehead atoms. The van der Waals surface area contributed by atoms with Crippen molar-refractivity contribution in [1.29, 1.82) is 0 Å². The Kier molecular flexibility index (Phi) is 1.80. The van der Waals surface area contributed by atoms with E-state index in [1.54, 1.807) is 13.4 Å². The average Bonchev–Trinajstić information content (AvgIpc) is 2.33. The highest BCUT2D eigenvalue weighted by Gasteiger charge is 2.05.